The van der Waals surface area contributed by atoms with E-state index in [0.717, 1.165) is 11.3 Å². The highest BCUT2D eigenvalue weighted by atomic mass is 16.2. The normalized spacial score (nSPS) is 18.0. The van der Waals surface area contributed by atoms with Gasteiger partial charge in [-0.2, -0.15) is 0 Å². The molecule has 1 heterocycles. The number of carbonyl (C=O) groups is 2. The Bertz CT molecular complexity index is 765. The first-order chi connectivity index (χ1) is 11.7. The van der Waals surface area contributed by atoms with Crippen molar-refractivity contribution in [2.75, 3.05) is 11.4 Å². The van der Waals surface area contributed by atoms with E-state index >= 15 is 0 Å². The van der Waals surface area contributed by atoms with Crippen molar-refractivity contribution in [1.82, 2.24) is 5.32 Å². The maximum atomic E-state index is 12.6. The highest BCUT2D eigenvalue weighted by Crippen LogP contribution is 2.25. The number of benzene rings is 2. The molecule has 0 radical (unpaired) electrons. The van der Waals surface area contributed by atoms with E-state index < -0.39 is 12.0 Å². The van der Waals surface area contributed by atoms with E-state index in [1.165, 1.54) is 0 Å². The van der Waals surface area contributed by atoms with Gasteiger partial charge in [-0.1, -0.05) is 54.5 Å². The quantitative estimate of drug-likeness (QED) is 0.696. The first-order valence-electron chi connectivity index (χ1n) is 7.88. The van der Waals surface area contributed by atoms with Crippen LogP contribution in [0.5, 0.6) is 0 Å². The van der Waals surface area contributed by atoms with Gasteiger partial charge in [-0.05, 0) is 24.1 Å². The predicted octanol–water partition coefficient (Wildman–Crippen LogP) is 2.53. The molecule has 1 aliphatic rings. The van der Waals surface area contributed by atoms with Gasteiger partial charge in [0.2, 0.25) is 11.8 Å². The summed E-state index contributed by atoms with van der Waals surface area (Å²) in [5, 5.41) is 2.80. The van der Waals surface area contributed by atoms with E-state index in [2.05, 4.69) is 11.2 Å². The van der Waals surface area contributed by atoms with Crippen LogP contribution in [0.4, 0.5) is 5.69 Å². The SMILES string of the molecule is C#CC(NC(=O)C1CCN(c2ccccc2)C1=O)c1ccccc1. The molecule has 1 aliphatic heterocycles. The van der Waals surface area contributed by atoms with E-state index in [4.69, 9.17) is 6.42 Å². The Kier molecular flexibility index (Phi) is 4.62. The monoisotopic (exact) mass is 318 g/mol. The zero-order chi connectivity index (χ0) is 16.9. The van der Waals surface area contributed by atoms with Crippen LogP contribution in [-0.4, -0.2) is 18.4 Å². The molecule has 120 valence electrons. The molecule has 24 heavy (non-hydrogen) atoms. The van der Waals surface area contributed by atoms with E-state index in [-0.39, 0.29) is 11.8 Å². The average Bonchev–Trinajstić information content (AvgIpc) is 3.02. The van der Waals surface area contributed by atoms with Crippen molar-refractivity contribution < 1.29 is 9.59 Å². The van der Waals surface area contributed by atoms with Crippen LogP contribution in [0.2, 0.25) is 0 Å². The summed E-state index contributed by atoms with van der Waals surface area (Å²) in [6.07, 6.45) is 6.04. The number of rotatable bonds is 4. The summed E-state index contributed by atoms with van der Waals surface area (Å²) in [6.45, 7) is 0.535. The van der Waals surface area contributed by atoms with Crippen molar-refractivity contribution in [2.45, 2.75) is 12.5 Å². The Balaban J connectivity index is 1.70. The van der Waals surface area contributed by atoms with Gasteiger partial charge in [-0.15, -0.1) is 6.42 Å². The molecule has 0 aliphatic carbocycles. The molecule has 0 aromatic heterocycles. The van der Waals surface area contributed by atoms with Gasteiger partial charge in [0.25, 0.3) is 0 Å². The molecular formula is C20H18N2O2. The Labute approximate surface area is 141 Å². The van der Waals surface area contributed by atoms with Crippen LogP contribution < -0.4 is 10.2 Å². The molecule has 0 spiro atoms. The summed E-state index contributed by atoms with van der Waals surface area (Å²) in [4.78, 5) is 26.7. The van der Waals surface area contributed by atoms with E-state index in [1.807, 2.05) is 60.7 Å². The zero-order valence-electron chi connectivity index (χ0n) is 13.2. The lowest BCUT2D eigenvalue weighted by molar-refractivity contribution is -0.132. The number of amides is 2. The number of carbonyl (C=O) groups excluding carboxylic acids is 2. The van der Waals surface area contributed by atoms with Gasteiger partial charge in [0.1, 0.15) is 12.0 Å². The first kappa shape index (κ1) is 15.8. The first-order valence-corrected chi connectivity index (χ1v) is 7.88. The molecule has 2 aromatic carbocycles. The zero-order valence-corrected chi connectivity index (χ0v) is 13.2. The fourth-order valence-corrected chi connectivity index (χ4v) is 2.90. The number of hydrogen-bond donors (Lipinski definition) is 1. The Morgan fingerprint density at radius 3 is 2.38 bits per heavy atom. The van der Waals surface area contributed by atoms with Crippen LogP contribution in [0.1, 0.15) is 18.0 Å². The van der Waals surface area contributed by atoms with Crippen molar-refractivity contribution in [3.8, 4) is 12.3 Å². The molecule has 2 atom stereocenters. The van der Waals surface area contributed by atoms with Crippen LogP contribution in [0.25, 0.3) is 0 Å². The number of hydrogen-bond acceptors (Lipinski definition) is 2. The predicted molar refractivity (Wildman–Crippen MR) is 93.1 cm³/mol. The van der Waals surface area contributed by atoms with E-state index in [9.17, 15) is 9.59 Å². The second-order valence-electron chi connectivity index (χ2n) is 5.69. The summed E-state index contributed by atoms with van der Waals surface area (Å²) in [6, 6.07) is 18.2. The molecular weight excluding hydrogens is 300 g/mol. The highest BCUT2D eigenvalue weighted by molar-refractivity contribution is 6.09. The molecule has 2 unspecified atom stereocenters. The number of nitrogens with one attached hydrogen (secondary N) is 1. The second-order valence-corrected chi connectivity index (χ2v) is 5.69. The minimum absolute atomic E-state index is 0.178. The average molecular weight is 318 g/mol. The lowest BCUT2D eigenvalue weighted by Crippen LogP contribution is -2.38. The maximum absolute atomic E-state index is 12.6. The van der Waals surface area contributed by atoms with Gasteiger partial charge in [-0.3, -0.25) is 9.59 Å². The third-order valence-corrected chi connectivity index (χ3v) is 4.18. The molecule has 0 saturated carbocycles. The van der Waals surface area contributed by atoms with Crippen LogP contribution in [0, 0.1) is 18.3 Å². The Hall–Kier alpha value is -3.06. The van der Waals surface area contributed by atoms with Gasteiger partial charge in [0, 0.05) is 12.2 Å². The second kappa shape index (κ2) is 7.01. The fourth-order valence-electron chi connectivity index (χ4n) is 2.90. The minimum atomic E-state index is -0.690. The van der Waals surface area contributed by atoms with Crippen molar-refractivity contribution in [3.05, 3.63) is 66.2 Å². The molecule has 0 bridgehead atoms. The van der Waals surface area contributed by atoms with E-state index in [1.54, 1.807) is 4.90 Å². The molecule has 4 nitrogen and oxygen atoms in total. The largest absolute Gasteiger partial charge is 0.338 e. The number of nitrogens with zero attached hydrogens (tertiary/aromatic N) is 1. The number of para-hydroxylation sites is 1. The van der Waals surface area contributed by atoms with Gasteiger partial charge in [0.15, 0.2) is 0 Å². The molecule has 1 fully saturated rings. The van der Waals surface area contributed by atoms with Gasteiger partial charge in [-0.25, -0.2) is 0 Å². The summed E-state index contributed by atoms with van der Waals surface area (Å²) in [7, 11) is 0. The summed E-state index contributed by atoms with van der Waals surface area (Å²) in [5.41, 5.74) is 1.65. The van der Waals surface area contributed by atoms with Crippen molar-refractivity contribution in [3.63, 3.8) is 0 Å². The number of terminal acetylenes is 1. The molecule has 1 saturated heterocycles. The third kappa shape index (κ3) is 3.16. The van der Waals surface area contributed by atoms with Gasteiger partial charge >= 0.3 is 0 Å². The topological polar surface area (TPSA) is 49.4 Å². The van der Waals surface area contributed by atoms with Crippen molar-refractivity contribution >= 4 is 17.5 Å². The van der Waals surface area contributed by atoms with Crippen LogP contribution in [0.15, 0.2) is 60.7 Å². The highest BCUT2D eigenvalue weighted by Gasteiger charge is 2.38. The summed E-state index contributed by atoms with van der Waals surface area (Å²) >= 11 is 0. The standard InChI is InChI=1S/C20H18N2O2/c1-2-18(15-9-5-3-6-10-15)21-19(23)17-13-14-22(20(17)24)16-11-7-4-8-12-16/h1,3-12,17-18H,13-14H2,(H,21,23). The smallest absolute Gasteiger partial charge is 0.239 e. The van der Waals surface area contributed by atoms with Gasteiger partial charge in [0.05, 0.1) is 0 Å². The summed E-state index contributed by atoms with van der Waals surface area (Å²) in [5.74, 6) is 1.39. The Morgan fingerprint density at radius 1 is 1.12 bits per heavy atom. The molecule has 2 aromatic rings. The van der Waals surface area contributed by atoms with Crippen LogP contribution in [0.3, 0.4) is 0 Å². The fraction of sp³-hybridized carbons (Fsp3) is 0.200. The maximum Gasteiger partial charge on any atom is 0.239 e. The minimum Gasteiger partial charge on any atom is -0.338 e. The van der Waals surface area contributed by atoms with Crippen LogP contribution >= 0.6 is 0 Å². The van der Waals surface area contributed by atoms with Crippen LogP contribution in [-0.2, 0) is 9.59 Å². The summed E-state index contributed by atoms with van der Waals surface area (Å²) < 4.78 is 0. The molecule has 2 amide bonds. The molecule has 1 N–H and O–H groups in total. The number of anilines is 1. The van der Waals surface area contributed by atoms with Crippen molar-refractivity contribution in [2.24, 2.45) is 5.92 Å². The van der Waals surface area contributed by atoms with Gasteiger partial charge < -0.3 is 10.2 Å². The van der Waals surface area contributed by atoms with E-state index in [0.29, 0.717) is 13.0 Å². The lowest BCUT2D eigenvalue weighted by atomic mass is 10.0. The lowest BCUT2D eigenvalue weighted by Gasteiger charge is -2.18. The Morgan fingerprint density at radius 2 is 1.75 bits per heavy atom. The van der Waals surface area contributed by atoms with Crippen molar-refractivity contribution in [1.29, 1.82) is 0 Å². The molecule has 4 heteroatoms. The third-order valence-electron chi connectivity index (χ3n) is 4.18. The molecule has 3 rings (SSSR count).